The minimum absolute atomic E-state index is 0.101. The van der Waals surface area contributed by atoms with E-state index in [-0.39, 0.29) is 34.2 Å². The molecule has 3 fully saturated rings. The van der Waals surface area contributed by atoms with E-state index in [0.717, 1.165) is 63.5 Å². The van der Waals surface area contributed by atoms with Crippen LogP contribution in [0, 0.1) is 46.3 Å². The Hall–Kier alpha value is -2.06. The van der Waals surface area contributed by atoms with E-state index < -0.39 is 11.7 Å². The molecule has 1 aromatic rings. The van der Waals surface area contributed by atoms with Crippen LogP contribution in [0.3, 0.4) is 0 Å². The number of hydrogen-bond donors (Lipinski definition) is 1. The predicted molar refractivity (Wildman–Crippen MR) is 125 cm³/mol. The van der Waals surface area contributed by atoms with Gasteiger partial charge in [0.15, 0.2) is 0 Å². The highest BCUT2D eigenvalue weighted by atomic mass is 19.4. The predicted octanol–water partition coefficient (Wildman–Crippen LogP) is 6.57. The molecule has 34 heavy (non-hydrogen) atoms. The number of aliphatic hydroxyl groups is 1. The van der Waals surface area contributed by atoms with E-state index >= 15 is 0 Å². The molecule has 0 heterocycles. The monoisotopic (exact) mass is 470 g/mol. The number of allylic oxidation sites excluding steroid dienone is 1. The lowest BCUT2D eigenvalue weighted by molar-refractivity contribution is -0.137. The van der Waals surface area contributed by atoms with Gasteiger partial charge in [-0.2, -0.15) is 13.2 Å². The average molecular weight is 471 g/mol. The molecule has 0 saturated heterocycles. The van der Waals surface area contributed by atoms with Crippen LogP contribution in [0.25, 0.3) is 0 Å². The highest BCUT2D eigenvalue weighted by molar-refractivity contribution is 5.98. The van der Waals surface area contributed by atoms with Crippen molar-refractivity contribution in [3.8, 4) is 11.8 Å². The van der Waals surface area contributed by atoms with Gasteiger partial charge >= 0.3 is 6.18 Å². The number of alkyl halides is 3. The Morgan fingerprint density at radius 1 is 1.09 bits per heavy atom. The summed E-state index contributed by atoms with van der Waals surface area (Å²) in [5, 5.41) is 10.2. The zero-order chi connectivity index (χ0) is 24.3. The molecule has 182 valence electrons. The van der Waals surface area contributed by atoms with E-state index in [4.69, 9.17) is 0 Å². The summed E-state index contributed by atoms with van der Waals surface area (Å²) in [6.07, 6.45) is 5.39. The van der Waals surface area contributed by atoms with Crippen LogP contribution in [0.1, 0.15) is 76.3 Å². The van der Waals surface area contributed by atoms with Gasteiger partial charge in [-0.1, -0.05) is 37.5 Å². The number of carbonyl (C=O) groups is 1. The van der Waals surface area contributed by atoms with Crippen molar-refractivity contribution in [2.45, 2.75) is 77.5 Å². The minimum atomic E-state index is -4.42. The van der Waals surface area contributed by atoms with E-state index in [1.54, 1.807) is 0 Å². The highest BCUT2D eigenvalue weighted by Crippen LogP contribution is 2.66. The van der Waals surface area contributed by atoms with Crippen molar-refractivity contribution in [2.75, 3.05) is 0 Å². The molecular weight excluding hydrogens is 437 g/mol. The normalized spacial score (nSPS) is 39.1. The number of rotatable bonds is 1. The van der Waals surface area contributed by atoms with Crippen LogP contribution >= 0.6 is 0 Å². The van der Waals surface area contributed by atoms with Crippen molar-refractivity contribution in [1.29, 1.82) is 0 Å². The first-order chi connectivity index (χ1) is 16.0. The molecule has 4 aliphatic carbocycles. The average Bonchev–Trinajstić information content (AvgIpc) is 3.15. The van der Waals surface area contributed by atoms with Crippen LogP contribution < -0.4 is 0 Å². The lowest BCUT2D eigenvalue weighted by Gasteiger charge is -2.57. The van der Waals surface area contributed by atoms with Crippen LogP contribution in [-0.2, 0) is 11.0 Å². The molecule has 5 rings (SSSR count). The van der Waals surface area contributed by atoms with Gasteiger partial charge in [-0.05, 0) is 104 Å². The molecule has 1 aromatic carbocycles. The minimum Gasteiger partial charge on any atom is -0.393 e. The molecule has 1 N–H and O–H groups in total. The number of carbonyl (C=O) groups excluding carboxylic acids is 1. The number of benzene rings is 1. The van der Waals surface area contributed by atoms with E-state index in [0.29, 0.717) is 17.8 Å². The van der Waals surface area contributed by atoms with Gasteiger partial charge in [0.1, 0.15) is 0 Å². The van der Waals surface area contributed by atoms with Gasteiger partial charge in [-0.15, -0.1) is 0 Å². The smallest absolute Gasteiger partial charge is 0.393 e. The number of ketones is 1. The highest BCUT2D eigenvalue weighted by Gasteiger charge is 2.59. The molecule has 0 spiro atoms. The summed E-state index contributed by atoms with van der Waals surface area (Å²) in [7, 11) is 0. The van der Waals surface area contributed by atoms with Gasteiger partial charge in [0, 0.05) is 11.5 Å². The van der Waals surface area contributed by atoms with E-state index in [1.165, 1.54) is 17.7 Å². The zero-order valence-corrected chi connectivity index (χ0v) is 19.9. The Bertz CT molecular complexity index is 1080. The Morgan fingerprint density at radius 2 is 1.88 bits per heavy atom. The van der Waals surface area contributed by atoms with Crippen LogP contribution in [0.15, 0.2) is 35.9 Å². The quantitative estimate of drug-likeness (QED) is 0.373. The van der Waals surface area contributed by atoms with Gasteiger partial charge < -0.3 is 5.11 Å². The van der Waals surface area contributed by atoms with Crippen LogP contribution in [0.4, 0.5) is 13.2 Å². The standard InChI is InChI=1S/C29H33F3O2/c1-27-14-12-21(33)17-19(27)7-8-22-23-9-10-25(28(23,2)15-13-24(22)27)26(34)11-6-18-4-3-5-20(16-18)29(30,31)32/h3-5,7,16,21-25,33H,8-10,12-15,17H2,1-2H3/t21-,22-,23-,24-,25+,27-,28-/m0/s1. The second-order valence-corrected chi connectivity index (χ2v) is 11.5. The van der Waals surface area contributed by atoms with Crippen molar-refractivity contribution in [1.82, 2.24) is 0 Å². The third-order valence-corrected chi connectivity index (χ3v) is 9.91. The van der Waals surface area contributed by atoms with Crippen molar-refractivity contribution in [3.05, 3.63) is 47.0 Å². The van der Waals surface area contributed by atoms with Gasteiger partial charge in [-0.3, -0.25) is 4.79 Å². The Labute approximate surface area is 200 Å². The SMILES string of the molecule is C[C@]12CC[C@H]3[C@@H](CC=C4C[C@@H](O)CC[C@@]43C)[C@@H]1CC[C@@H]2C(=O)C#Cc1cccc(C(F)(F)F)c1. The summed E-state index contributed by atoms with van der Waals surface area (Å²) in [6.45, 7) is 4.64. The van der Waals surface area contributed by atoms with Crippen LogP contribution in [0.5, 0.6) is 0 Å². The van der Waals surface area contributed by atoms with Crippen molar-refractivity contribution >= 4 is 5.78 Å². The lowest BCUT2D eigenvalue weighted by Crippen LogP contribution is -2.51. The number of aliphatic hydroxyl groups excluding tert-OH is 1. The van der Waals surface area contributed by atoms with Crippen molar-refractivity contribution in [3.63, 3.8) is 0 Å². The fourth-order valence-corrected chi connectivity index (χ4v) is 8.07. The third-order valence-electron chi connectivity index (χ3n) is 9.91. The first kappa shape index (κ1) is 23.7. The molecule has 7 atom stereocenters. The van der Waals surface area contributed by atoms with E-state index in [2.05, 4.69) is 31.8 Å². The fraction of sp³-hybridized carbons (Fsp3) is 0.621. The first-order valence-corrected chi connectivity index (χ1v) is 12.6. The molecule has 2 nitrogen and oxygen atoms in total. The molecule has 3 saturated carbocycles. The zero-order valence-electron chi connectivity index (χ0n) is 19.9. The molecular formula is C29H33F3O2. The maximum atomic E-state index is 13.2. The second-order valence-electron chi connectivity index (χ2n) is 11.5. The maximum Gasteiger partial charge on any atom is 0.416 e. The van der Waals surface area contributed by atoms with E-state index in [1.807, 2.05) is 0 Å². The Balaban J connectivity index is 1.35. The lowest BCUT2D eigenvalue weighted by atomic mass is 9.47. The second kappa shape index (κ2) is 8.26. The maximum absolute atomic E-state index is 13.2. The summed E-state index contributed by atoms with van der Waals surface area (Å²) in [4.78, 5) is 13.2. The van der Waals surface area contributed by atoms with Crippen molar-refractivity contribution in [2.24, 2.45) is 34.5 Å². The van der Waals surface area contributed by atoms with E-state index in [9.17, 15) is 23.1 Å². The summed E-state index contributed by atoms with van der Waals surface area (Å²) in [6, 6.07) is 4.89. The van der Waals surface area contributed by atoms with Gasteiger partial charge in [0.25, 0.3) is 0 Å². The molecule has 0 aliphatic heterocycles. The Kier molecular flexibility index (Phi) is 5.75. The molecule has 0 unspecified atom stereocenters. The van der Waals surface area contributed by atoms with Crippen LogP contribution in [-0.4, -0.2) is 17.0 Å². The summed E-state index contributed by atoms with van der Waals surface area (Å²) in [5.74, 6) is 6.78. The molecule has 4 aliphatic rings. The molecule has 0 amide bonds. The first-order valence-electron chi connectivity index (χ1n) is 12.6. The topological polar surface area (TPSA) is 37.3 Å². The number of fused-ring (bicyclic) bond motifs is 5. The van der Waals surface area contributed by atoms with Crippen LogP contribution in [0.2, 0.25) is 0 Å². The molecule has 0 bridgehead atoms. The number of hydrogen-bond acceptors (Lipinski definition) is 2. The molecule has 0 aromatic heterocycles. The number of halogens is 3. The van der Waals surface area contributed by atoms with Gasteiger partial charge in [0.2, 0.25) is 5.78 Å². The summed E-state index contributed by atoms with van der Waals surface area (Å²) >= 11 is 0. The number of Topliss-reactive ketones (excluding diaryl/α,β-unsaturated/α-hetero) is 1. The molecule has 0 radical (unpaired) electrons. The largest absolute Gasteiger partial charge is 0.416 e. The Morgan fingerprint density at radius 3 is 2.65 bits per heavy atom. The van der Waals surface area contributed by atoms with Gasteiger partial charge in [0.05, 0.1) is 11.7 Å². The van der Waals surface area contributed by atoms with Crippen molar-refractivity contribution < 1.29 is 23.1 Å². The summed E-state index contributed by atoms with van der Waals surface area (Å²) < 4.78 is 39.0. The third kappa shape index (κ3) is 3.83. The molecule has 5 heteroatoms. The van der Waals surface area contributed by atoms with Gasteiger partial charge in [-0.25, -0.2) is 0 Å². The summed E-state index contributed by atoms with van der Waals surface area (Å²) in [5.41, 5.74) is 0.981. The fourth-order valence-electron chi connectivity index (χ4n) is 8.07.